The van der Waals surface area contributed by atoms with Gasteiger partial charge in [-0.3, -0.25) is 4.98 Å². The molecule has 3 heteroatoms. The molecule has 90 valence electrons. The minimum atomic E-state index is 0.847. The van der Waals surface area contributed by atoms with E-state index in [0.717, 1.165) is 22.8 Å². The first-order chi connectivity index (χ1) is 9.42. The molecule has 2 aromatic carbocycles. The predicted molar refractivity (Wildman–Crippen MR) is 78.0 cm³/mol. The van der Waals surface area contributed by atoms with E-state index in [4.69, 9.17) is 4.99 Å². The molecule has 0 saturated heterocycles. The summed E-state index contributed by atoms with van der Waals surface area (Å²) in [6.07, 6.45) is 3.58. The number of nitrogens with one attached hydrogen (secondary N) is 1. The first-order valence-electron chi connectivity index (χ1n) is 6.20. The third-order valence-electron chi connectivity index (χ3n) is 3.30. The lowest BCUT2D eigenvalue weighted by Gasteiger charge is -2.18. The summed E-state index contributed by atoms with van der Waals surface area (Å²) in [6, 6.07) is 16.4. The Labute approximate surface area is 110 Å². The Bertz CT molecular complexity index is 786. The van der Waals surface area contributed by atoms with Gasteiger partial charge in [0.15, 0.2) is 0 Å². The number of hydrogen-bond donors (Lipinski definition) is 1. The number of amidine groups is 1. The lowest BCUT2D eigenvalue weighted by atomic mass is 10.0. The van der Waals surface area contributed by atoms with E-state index in [9.17, 15) is 0 Å². The van der Waals surface area contributed by atoms with Crippen LogP contribution in [0.5, 0.6) is 0 Å². The van der Waals surface area contributed by atoms with Crippen LogP contribution in [0.4, 0.5) is 11.4 Å². The predicted octanol–water partition coefficient (Wildman–Crippen LogP) is 3.74. The average molecular weight is 245 g/mol. The standard InChI is InChI=1S/C16H11N3/c1-4-11-5-2-8-14-15(11)13(7-1)18-16(19-14)12-6-3-9-17-10-12/h1-10H,(H,18,19). The zero-order chi connectivity index (χ0) is 12.7. The van der Waals surface area contributed by atoms with Gasteiger partial charge in [0.1, 0.15) is 5.84 Å². The molecule has 0 amide bonds. The summed E-state index contributed by atoms with van der Waals surface area (Å²) in [7, 11) is 0. The van der Waals surface area contributed by atoms with Gasteiger partial charge >= 0.3 is 0 Å². The summed E-state index contributed by atoms with van der Waals surface area (Å²) in [5.74, 6) is 0.847. The zero-order valence-corrected chi connectivity index (χ0v) is 10.2. The van der Waals surface area contributed by atoms with Crippen molar-refractivity contribution in [3.8, 4) is 0 Å². The van der Waals surface area contributed by atoms with E-state index >= 15 is 0 Å². The lowest BCUT2D eigenvalue weighted by Crippen LogP contribution is -2.16. The number of anilines is 1. The van der Waals surface area contributed by atoms with Crippen molar-refractivity contribution in [3.63, 3.8) is 0 Å². The molecule has 1 aliphatic rings. The molecule has 0 spiro atoms. The third-order valence-corrected chi connectivity index (χ3v) is 3.30. The van der Waals surface area contributed by atoms with Gasteiger partial charge in [-0.15, -0.1) is 0 Å². The summed E-state index contributed by atoms with van der Waals surface area (Å²) in [5.41, 5.74) is 3.10. The second-order valence-corrected chi connectivity index (χ2v) is 4.51. The molecule has 4 rings (SSSR count). The fourth-order valence-corrected chi connectivity index (χ4v) is 2.43. The van der Waals surface area contributed by atoms with E-state index in [-0.39, 0.29) is 0 Å². The van der Waals surface area contributed by atoms with Crippen LogP contribution in [0.2, 0.25) is 0 Å². The van der Waals surface area contributed by atoms with E-state index in [1.807, 2.05) is 30.5 Å². The van der Waals surface area contributed by atoms with Crippen LogP contribution in [0, 0.1) is 0 Å². The van der Waals surface area contributed by atoms with Crippen molar-refractivity contribution in [2.24, 2.45) is 4.99 Å². The molecule has 1 N–H and O–H groups in total. The molecule has 0 bridgehead atoms. The maximum absolute atomic E-state index is 4.70. The van der Waals surface area contributed by atoms with Crippen LogP contribution in [0.15, 0.2) is 65.9 Å². The monoisotopic (exact) mass is 245 g/mol. The number of pyridine rings is 1. The molecule has 0 aliphatic carbocycles. The third kappa shape index (κ3) is 1.59. The maximum atomic E-state index is 4.70. The van der Waals surface area contributed by atoms with Crippen molar-refractivity contribution >= 4 is 28.0 Å². The summed E-state index contributed by atoms with van der Waals surface area (Å²) < 4.78 is 0. The fraction of sp³-hybridized carbons (Fsp3) is 0. The topological polar surface area (TPSA) is 37.3 Å². The number of nitrogens with zero attached hydrogens (tertiary/aromatic N) is 2. The summed E-state index contributed by atoms with van der Waals surface area (Å²) in [4.78, 5) is 8.84. The van der Waals surface area contributed by atoms with Gasteiger partial charge in [0, 0.05) is 29.0 Å². The highest BCUT2D eigenvalue weighted by atomic mass is 15.0. The highest BCUT2D eigenvalue weighted by Gasteiger charge is 2.14. The van der Waals surface area contributed by atoms with Crippen LogP contribution in [-0.4, -0.2) is 10.8 Å². The van der Waals surface area contributed by atoms with Gasteiger partial charge in [-0.25, -0.2) is 4.99 Å². The first-order valence-corrected chi connectivity index (χ1v) is 6.20. The molecule has 19 heavy (non-hydrogen) atoms. The lowest BCUT2D eigenvalue weighted by molar-refractivity contribution is 1.31. The van der Waals surface area contributed by atoms with Crippen LogP contribution >= 0.6 is 0 Å². The molecule has 3 aromatic rings. The number of aliphatic imine (C=N–C) groups is 1. The molecule has 3 nitrogen and oxygen atoms in total. The van der Waals surface area contributed by atoms with Crippen molar-refractivity contribution in [2.75, 3.05) is 5.32 Å². The Kier molecular flexibility index (Phi) is 2.12. The first kappa shape index (κ1) is 10.3. The Hall–Kier alpha value is -2.68. The fourth-order valence-electron chi connectivity index (χ4n) is 2.43. The van der Waals surface area contributed by atoms with Gasteiger partial charge in [0.2, 0.25) is 0 Å². The molecule has 0 fully saturated rings. The minimum absolute atomic E-state index is 0.847. The van der Waals surface area contributed by atoms with Crippen molar-refractivity contribution in [2.45, 2.75) is 0 Å². The highest BCUT2D eigenvalue weighted by Crippen LogP contribution is 2.36. The number of rotatable bonds is 1. The molecular formula is C16H11N3. The molecule has 2 heterocycles. The normalized spacial score (nSPS) is 12.9. The van der Waals surface area contributed by atoms with E-state index in [1.54, 1.807) is 6.20 Å². The number of hydrogen-bond acceptors (Lipinski definition) is 3. The Balaban J connectivity index is 1.96. The molecule has 0 unspecified atom stereocenters. The zero-order valence-electron chi connectivity index (χ0n) is 10.2. The van der Waals surface area contributed by atoms with Crippen LogP contribution in [0.3, 0.4) is 0 Å². The molecule has 0 atom stereocenters. The largest absolute Gasteiger partial charge is 0.339 e. The summed E-state index contributed by atoms with van der Waals surface area (Å²) in [5, 5.41) is 5.77. The molecule has 0 radical (unpaired) electrons. The van der Waals surface area contributed by atoms with Gasteiger partial charge in [-0.05, 0) is 29.7 Å². The highest BCUT2D eigenvalue weighted by molar-refractivity contribution is 6.18. The van der Waals surface area contributed by atoms with Crippen molar-refractivity contribution in [1.82, 2.24) is 4.98 Å². The van der Waals surface area contributed by atoms with E-state index in [0.29, 0.717) is 0 Å². The number of aromatic nitrogens is 1. The van der Waals surface area contributed by atoms with Crippen molar-refractivity contribution in [3.05, 3.63) is 66.5 Å². The second kappa shape index (κ2) is 3.92. The number of benzene rings is 2. The van der Waals surface area contributed by atoms with Crippen LogP contribution in [-0.2, 0) is 0 Å². The van der Waals surface area contributed by atoms with Crippen molar-refractivity contribution < 1.29 is 0 Å². The van der Waals surface area contributed by atoms with E-state index < -0.39 is 0 Å². The second-order valence-electron chi connectivity index (χ2n) is 4.51. The van der Waals surface area contributed by atoms with Gasteiger partial charge in [-0.2, -0.15) is 0 Å². The Morgan fingerprint density at radius 1 is 0.895 bits per heavy atom. The molecule has 0 saturated carbocycles. The van der Waals surface area contributed by atoms with E-state index in [2.05, 4.69) is 34.6 Å². The Morgan fingerprint density at radius 2 is 1.79 bits per heavy atom. The molecular weight excluding hydrogens is 234 g/mol. The quantitative estimate of drug-likeness (QED) is 0.709. The maximum Gasteiger partial charge on any atom is 0.139 e. The van der Waals surface area contributed by atoms with Gasteiger partial charge in [0.25, 0.3) is 0 Å². The molecule has 1 aliphatic heterocycles. The van der Waals surface area contributed by atoms with Crippen LogP contribution in [0.25, 0.3) is 10.8 Å². The van der Waals surface area contributed by atoms with Gasteiger partial charge < -0.3 is 5.32 Å². The summed E-state index contributed by atoms with van der Waals surface area (Å²) in [6.45, 7) is 0. The SMILES string of the molecule is c1cncc(C2=Nc3cccc4cccc(c34)N2)c1. The Morgan fingerprint density at radius 3 is 2.63 bits per heavy atom. The average Bonchev–Trinajstić information content (AvgIpc) is 2.49. The van der Waals surface area contributed by atoms with Gasteiger partial charge in [0.05, 0.1) is 5.69 Å². The van der Waals surface area contributed by atoms with Gasteiger partial charge in [-0.1, -0.05) is 24.3 Å². The minimum Gasteiger partial charge on any atom is -0.339 e. The van der Waals surface area contributed by atoms with E-state index in [1.165, 1.54) is 10.8 Å². The van der Waals surface area contributed by atoms with Crippen LogP contribution < -0.4 is 5.32 Å². The smallest absolute Gasteiger partial charge is 0.139 e. The van der Waals surface area contributed by atoms with Crippen LogP contribution in [0.1, 0.15) is 5.56 Å². The summed E-state index contributed by atoms with van der Waals surface area (Å²) >= 11 is 0. The molecule has 1 aromatic heterocycles. The van der Waals surface area contributed by atoms with Crippen molar-refractivity contribution in [1.29, 1.82) is 0 Å².